The summed E-state index contributed by atoms with van der Waals surface area (Å²) in [6, 6.07) is 33.9. The average molecular weight is 687 g/mol. The van der Waals surface area contributed by atoms with Crippen LogP contribution in [0.25, 0.3) is 43.1 Å². The Morgan fingerprint density at radius 3 is 1.90 bits per heavy atom. The number of benzene rings is 6. The first-order valence-corrected chi connectivity index (χ1v) is 17.7. The molecule has 0 fully saturated rings. The molecule has 6 aromatic rings. The van der Waals surface area contributed by atoms with Gasteiger partial charge in [0.15, 0.2) is 12.3 Å². The van der Waals surface area contributed by atoms with Crippen molar-refractivity contribution in [2.75, 3.05) is 36.5 Å². The molecule has 6 aromatic carbocycles. The molecule has 7 nitrogen and oxygen atoms in total. The van der Waals surface area contributed by atoms with Crippen LogP contribution in [0.1, 0.15) is 25.8 Å². The lowest BCUT2D eigenvalue weighted by atomic mass is 9.78. The Morgan fingerprint density at radius 2 is 1.29 bits per heavy atom. The number of fused-ring (bicyclic) bond motifs is 12. The van der Waals surface area contributed by atoms with Crippen LogP contribution in [0.3, 0.4) is 0 Å². The SMILES string of the molecule is CN1/C(=C/C=C/C=C/C2=[N+](CCC(=O)O)c3c(c4ccccc4c4ccccc34)C2(C)C)N(CCOC=O)c2c1c1ccccc1c1ccccc21. The van der Waals surface area contributed by atoms with E-state index in [1.165, 1.54) is 27.1 Å². The Hall–Kier alpha value is -6.21. The van der Waals surface area contributed by atoms with Crippen molar-refractivity contribution in [2.45, 2.75) is 25.7 Å². The minimum Gasteiger partial charge on any atom is -0.481 e. The number of aliphatic carboxylic acids is 1. The molecule has 2 heterocycles. The fourth-order valence-corrected chi connectivity index (χ4v) is 8.46. The van der Waals surface area contributed by atoms with Gasteiger partial charge in [-0.3, -0.25) is 9.59 Å². The third-order valence-corrected chi connectivity index (χ3v) is 10.6. The zero-order valence-electron chi connectivity index (χ0n) is 29.5. The van der Waals surface area contributed by atoms with Gasteiger partial charge in [-0.2, -0.15) is 4.58 Å². The fourth-order valence-electron chi connectivity index (χ4n) is 8.46. The zero-order valence-corrected chi connectivity index (χ0v) is 29.5. The first kappa shape index (κ1) is 33.0. The third-order valence-electron chi connectivity index (χ3n) is 10.6. The number of rotatable bonds is 10. The first-order valence-electron chi connectivity index (χ1n) is 17.7. The monoisotopic (exact) mass is 686 g/mol. The number of carboxylic acid groups (broad SMARTS) is 1. The molecule has 0 spiro atoms. The number of hydrogen-bond acceptors (Lipinski definition) is 5. The summed E-state index contributed by atoms with van der Waals surface area (Å²) in [6.07, 6.45) is 10.4. The van der Waals surface area contributed by atoms with Gasteiger partial charge in [0.25, 0.3) is 6.47 Å². The lowest BCUT2D eigenvalue weighted by Gasteiger charge is -2.22. The second kappa shape index (κ2) is 13.2. The van der Waals surface area contributed by atoms with Crippen LogP contribution >= 0.6 is 0 Å². The number of ether oxygens (including phenoxy) is 1. The van der Waals surface area contributed by atoms with E-state index in [1.807, 2.05) is 18.2 Å². The largest absolute Gasteiger partial charge is 0.481 e. The molecule has 8 rings (SSSR count). The van der Waals surface area contributed by atoms with Gasteiger partial charge in [-0.05, 0) is 52.9 Å². The highest BCUT2D eigenvalue weighted by atomic mass is 16.5. The van der Waals surface area contributed by atoms with Crippen molar-refractivity contribution in [1.29, 1.82) is 0 Å². The van der Waals surface area contributed by atoms with Gasteiger partial charge in [-0.25, -0.2) is 0 Å². The molecule has 7 heteroatoms. The van der Waals surface area contributed by atoms with E-state index in [0.717, 1.165) is 50.1 Å². The van der Waals surface area contributed by atoms with E-state index in [1.54, 1.807) is 0 Å². The van der Waals surface area contributed by atoms with Crippen LogP contribution in [0, 0.1) is 0 Å². The molecule has 0 atom stereocenters. The van der Waals surface area contributed by atoms with E-state index in [0.29, 0.717) is 19.6 Å². The predicted octanol–water partition coefficient (Wildman–Crippen LogP) is 9.23. The summed E-state index contributed by atoms with van der Waals surface area (Å²) in [5, 5.41) is 19.1. The summed E-state index contributed by atoms with van der Waals surface area (Å²) in [5.74, 6) is 0.148. The summed E-state index contributed by atoms with van der Waals surface area (Å²) in [5.41, 5.74) is 5.19. The Labute approximate surface area is 302 Å². The highest BCUT2D eigenvalue weighted by molar-refractivity contribution is 6.22. The number of anilines is 2. The predicted molar refractivity (Wildman–Crippen MR) is 212 cm³/mol. The number of allylic oxidation sites excluding steroid dienone is 5. The number of carboxylic acids is 1. The van der Waals surface area contributed by atoms with E-state index >= 15 is 0 Å². The fraction of sp³-hybridized carbons (Fsp3) is 0.178. The molecule has 0 aromatic heterocycles. The summed E-state index contributed by atoms with van der Waals surface area (Å²) in [6.45, 7) is 6.08. The van der Waals surface area contributed by atoms with E-state index < -0.39 is 5.97 Å². The summed E-state index contributed by atoms with van der Waals surface area (Å²) in [7, 11) is 2.08. The standard InChI is InChI=1S/C45H39N3O4/c1-45(2)38(47(26-25-40(50)51)42-35-20-12-8-16-31(35)30-15-7-11-19-34(30)41(42)45)23-5-4-6-24-39-46(3)43-36-21-13-9-17-32(36)33-18-10-14-22-37(33)44(43)48(39)27-28-52-29-49/h4-24,29H,25-28H2,1-3H3/p+1. The Bertz CT molecular complexity index is 2560. The summed E-state index contributed by atoms with van der Waals surface area (Å²) >= 11 is 0. The van der Waals surface area contributed by atoms with Crippen molar-refractivity contribution in [1.82, 2.24) is 0 Å². The lowest BCUT2D eigenvalue weighted by Crippen LogP contribution is -2.29. The minimum atomic E-state index is -0.823. The molecule has 0 aliphatic carbocycles. The Kier molecular flexibility index (Phi) is 8.34. The van der Waals surface area contributed by atoms with Crippen molar-refractivity contribution >= 4 is 78.3 Å². The normalized spacial score (nSPS) is 16.0. The summed E-state index contributed by atoms with van der Waals surface area (Å²) < 4.78 is 7.41. The molecule has 2 aliphatic heterocycles. The van der Waals surface area contributed by atoms with Crippen molar-refractivity contribution < 1.29 is 24.0 Å². The molecular formula is C45H40N3O4+. The second-order valence-corrected chi connectivity index (χ2v) is 13.9. The number of carbonyl (C=O) groups excluding carboxylic acids is 1. The molecule has 0 bridgehead atoms. The van der Waals surface area contributed by atoms with Gasteiger partial charge in [0.1, 0.15) is 18.8 Å². The number of nitrogens with zero attached hydrogens (tertiary/aromatic N) is 3. The number of hydrogen-bond donors (Lipinski definition) is 1. The molecule has 0 radical (unpaired) electrons. The second-order valence-electron chi connectivity index (χ2n) is 13.9. The van der Waals surface area contributed by atoms with E-state index in [-0.39, 0.29) is 18.4 Å². The molecule has 1 N–H and O–H groups in total. The Balaban J connectivity index is 1.21. The van der Waals surface area contributed by atoms with Gasteiger partial charge in [0.2, 0.25) is 5.69 Å². The molecule has 2 aliphatic rings. The highest BCUT2D eigenvalue weighted by Crippen LogP contribution is 2.51. The topological polar surface area (TPSA) is 73.1 Å². The van der Waals surface area contributed by atoms with Crippen molar-refractivity contribution in [2.24, 2.45) is 0 Å². The molecule has 258 valence electrons. The Morgan fingerprint density at radius 1 is 0.750 bits per heavy atom. The van der Waals surface area contributed by atoms with Gasteiger partial charge < -0.3 is 19.6 Å². The average Bonchev–Trinajstić information content (AvgIpc) is 3.57. The van der Waals surface area contributed by atoms with Crippen LogP contribution in [0.5, 0.6) is 0 Å². The lowest BCUT2D eigenvalue weighted by molar-refractivity contribution is -0.435. The molecular weight excluding hydrogens is 647 g/mol. The van der Waals surface area contributed by atoms with Crippen LogP contribution in [-0.4, -0.2) is 54.6 Å². The van der Waals surface area contributed by atoms with Crippen molar-refractivity contribution in [3.8, 4) is 0 Å². The van der Waals surface area contributed by atoms with Gasteiger partial charge in [-0.1, -0.05) is 109 Å². The molecule has 0 saturated heterocycles. The quantitative estimate of drug-likeness (QED) is 0.0510. The van der Waals surface area contributed by atoms with Gasteiger partial charge in [0, 0.05) is 29.5 Å². The van der Waals surface area contributed by atoms with Crippen LogP contribution < -0.4 is 9.80 Å². The van der Waals surface area contributed by atoms with E-state index in [4.69, 9.17) is 4.74 Å². The van der Waals surface area contributed by atoms with Crippen LogP contribution in [0.4, 0.5) is 17.1 Å². The molecule has 0 amide bonds. The maximum absolute atomic E-state index is 11.9. The minimum absolute atomic E-state index is 0.0237. The van der Waals surface area contributed by atoms with Crippen molar-refractivity contribution in [3.05, 3.63) is 139 Å². The van der Waals surface area contributed by atoms with Gasteiger partial charge in [-0.15, -0.1) is 0 Å². The number of carbonyl (C=O) groups is 2. The van der Waals surface area contributed by atoms with Crippen LogP contribution in [0.2, 0.25) is 0 Å². The maximum Gasteiger partial charge on any atom is 0.309 e. The van der Waals surface area contributed by atoms with Crippen LogP contribution in [0.15, 0.2) is 133 Å². The first-order chi connectivity index (χ1) is 25.3. The van der Waals surface area contributed by atoms with Gasteiger partial charge in [0.05, 0.1) is 28.7 Å². The van der Waals surface area contributed by atoms with Crippen LogP contribution in [-0.2, 0) is 19.7 Å². The maximum atomic E-state index is 11.9. The third kappa shape index (κ3) is 5.23. The van der Waals surface area contributed by atoms with E-state index in [2.05, 4.69) is 144 Å². The summed E-state index contributed by atoms with van der Waals surface area (Å²) in [4.78, 5) is 27.5. The van der Waals surface area contributed by atoms with Gasteiger partial charge >= 0.3 is 5.97 Å². The molecule has 0 unspecified atom stereocenters. The van der Waals surface area contributed by atoms with E-state index in [9.17, 15) is 14.7 Å². The highest BCUT2D eigenvalue weighted by Gasteiger charge is 2.47. The molecule has 0 saturated carbocycles. The smallest absolute Gasteiger partial charge is 0.309 e. The molecule has 52 heavy (non-hydrogen) atoms. The zero-order chi connectivity index (χ0) is 36.0. The van der Waals surface area contributed by atoms with Crippen molar-refractivity contribution in [3.63, 3.8) is 0 Å².